The standard InChI is InChI=1S/C9H10BrN3S/c1-12-5-9(14-6-11)7-2-8(10)4-13-3-7/h2-5H,1,6,11H2/b9-5-. The van der Waals surface area contributed by atoms with Crippen LogP contribution in [0.3, 0.4) is 0 Å². The first-order chi connectivity index (χ1) is 6.77. The van der Waals surface area contributed by atoms with Gasteiger partial charge >= 0.3 is 0 Å². The molecule has 1 aromatic rings. The van der Waals surface area contributed by atoms with E-state index in [-0.39, 0.29) is 0 Å². The molecule has 14 heavy (non-hydrogen) atoms. The van der Waals surface area contributed by atoms with Gasteiger partial charge in [0.05, 0.1) is 0 Å². The third kappa shape index (κ3) is 3.25. The van der Waals surface area contributed by atoms with Crippen molar-refractivity contribution < 1.29 is 0 Å². The van der Waals surface area contributed by atoms with E-state index in [4.69, 9.17) is 5.73 Å². The highest BCUT2D eigenvalue weighted by Crippen LogP contribution is 2.27. The summed E-state index contributed by atoms with van der Waals surface area (Å²) in [6.45, 7) is 3.42. The van der Waals surface area contributed by atoms with Gasteiger partial charge in [-0.2, -0.15) is 0 Å². The van der Waals surface area contributed by atoms with Crippen LogP contribution in [0.2, 0.25) is 0 Å². The molecule has 0 radical (unpaired) electrons. The van der Waals surface area contributed by atoms with Gasteiger partial charge in [-0.05, 0) is 28.7 Å². The lowest BCUT2D eigenvalue weighted by atomic mass is 10.3. The van der Waals surface area contributed by atoms with Crippen molar-refractivity contribution in [1.29, 1.82) is 0 Å². The Labute approximate surface area is 95.6 Å². The third-order valence-corrected chi connectivity index (χ3v) is 2.69. The summed E-state index contributed by atoms with van der Waals surface area (Å²) in [4.78, 5) is 8.76. The van der Waals surface area contributed by atoms with E-state index in [0.717, 1.165) is 14.9 Å². The first-order valence-electron chi connectivity index (χ1n) is 3.87. The van der Waals surface area contributed by atoms with Gasteiger partial charge in [0.2, 0.25) is 0 Å². The second-order valence-corrected chi connectivity index (χ2v) is 4.36. The van der Waals surface area contributed by atoms with Crippen LogP contribution in [-0.2, 0) is 0 Å². The molecule has 0 saturated carbocycles. The zero-order valence-electron chi connectivity index (χ0n) is 7.48. The number of hydrogen-bond donors (Lipinski definition) is 1. The van der Waals surface area contributed by atoms with Crippen molar-refractivity contribution in [3.05, 3.63) is 34.7 Å². The molecule has 1 heterocycles. The van der Waals surface area contributed by atoms with Gasteiger partial charge in [-0.1, -0.05) is 0 Å². The number of aliphatic imine (C=N–C) groups is 1. The molecule has 0 saturated heterocycles. The quantitative estimate of drug-likeness (QED) is 0.676. The van der Waals surface area contributed by atoms with Crippen molar-refractivity contribution in [3.63, 3.8) is 0 Å². The summed E-state index contributed by atoms with van der Waals surface area (Å²) in [5.41, 5.74) is 6.45. The van der Waals surface area contributed by atoms with Gasteiger partial charge in [0.25, 0.3) is 0 Å². The molecule has 0 fully saturated rings. The zero-order valence-corrected chi connectivity index (χ0v) is 9.88. The van der Waals surface area contributed by atoms with Crippen LogP contribution in [0.25, 0.3) is 4.91 Å². The Morgan fingerprint density at radius 3 is 3.07 bits per heavy atom. The lowest BCUT2D eigenvalue weighted by molar-refractivity contribution is 1.29. The average Bonchev–Trinajstić information content (AvgIpc) is 2.17. The maximum Gasteiger partial charge on any atom is 0.0441 e. The maximum atomic E-state index is 5.46. The lowest BCUT2D eigenvalue weighted by Gasteiger charge is -2.04. The molecule has 2 N–H and O–H groups in total. The molecule has 0 spiro atoms. The highest BCUT2D eigenvalue weighted by atomic mass is 79.9. The Morgan fingerprint density at radius 1 is 1.71 bits per heavy atom. The number of pyridine rings is 1. The molecule has 0 aromatic carbocycles. The second-order valence-electron chi connectivity index (χ2n) is 2.38. The van der Waals surface area contributed by atoms with Crippen LogP contribution in [0, 0.1) is 0 Å². The summed E-state index contributed by atoms with van der Waals surface area (Å²) >= 11 is 4.86. The Balaban J connectivity index is 2.99. The van der Waals surface area contributed by atoms with E-state index in [0.29, 0.717) is 5.88 Å². The SMILES string of the molecule is C=N/C=C(\SCN)c1cncc(Br)c1. The average molecular weight is 272 g/mol. The van der Waals surface area contributed by atoms with Crippen LogP contribution in [0.15, 0.2) is 34.1 Å². The number of rotatable bonds is 4. The third-order valence-electron chi connectivity index (χ3n) is 1.44. The second kappa shape index (κ2) is 5.95. The monoisotopic (exact) mass is 271 g/mol. The molecule has 0 unspecified atom stereocenters. The summed E-state index contributed by atoms with van der Waals surface area (Å²) < 4.78 is 0.933. The highest BCUT2D eigenvalue weighted by Gasteiger charge is 2.02. The fraction of sp³-hybridized carbons (Fsp3) is 0.111. The first-order valence-corrected chi connectivity index (χ1v) is 5.65. The van der Waals surface area contributed by atoms with Crippen molar-refractivity contribution in [2.24, 2.45) is 10.7 Å². The molecule has 74 valence electrons. The van der Waals surface area contributed by atoms with Crippen molar-refractivity contribution >= 4 is 39.3 Å². The Kier molecular flexibility index (Phi) is 4.86. The van der Waals surface area contributed by atoms with Crippen LogP contribution in [0.1, 0.15) is 5.56 Å². The summed E-state index contributed by atoms with van der Waals surface area (Å²) in [7, 11) is 0. The molecular formula is C9H10BrN3S. The molecular weight excluding hydrogens is 262 g/mol. The number of nitrogens with zero attached hydrogens (tertiary/aromatic N) is 2. The number of aromatic nitrogens is 1. The topological polar surface area (TPSA) is 51.3 Å². The Hall–Kier alpha value is -0.650. The van der Waals surface area contributed by atoms with Crippen molar-refractivity contribution in [2.75, 3.05) is 5.88 Å². The molecule has 0 bridgehead atoms. The number of thioether (sulfide) groups is 1. The number of nitrogens with two attached hydrogens (primary N) is 1. The fourth-order valence-corrected chi connectivity index (χ4v) is 1.89. The summed E-state index contributed by atoms with van der Waals surface area (Å²) in [5.74, 6) is 0.508. The van der Waals surface area contributed by atoms with Crippen LogP contribution < -0.4 is 5.73 Å². The summed E-state index contributed by atoms with van der Waals surface area (Å²) in [5, 5.41) is 0. The van der Waals surface area contributed by atoms with E-state index in [2.05, 4.69) is 32.6 Å². The van der Waals surface area contributed by atoms with Gasteiger partial charge in [0, 0.05) is 39.4 Å². The summed E-state index contributed by atoms with van der Waals surface area (Å²) in [6.07, 6.45) is 5.18. The predicted octanol–water partition coefficient (Wildman–Crippen LogP) is 2.49. The smallest absolute Gasteiger partial charge is 0.0441 e. The van der Waals surface area contributed by atoms with E-state index in [1.54, 1.807) is 18.6 Å². The van der Waals surface area contributed by atoms with Crippen LogP contribution in [-0.4, -0.2) is 17.6 Å². The largest absolute Gasteiger partial charge is 0.322 e. The zero-order chi connectivity index (χ0) is 10.4. The molecule has 1 rings (SSSR count). The minimum atomic E-state index is 0.508. The van der Waals surface area contributed by atoms with Crippen molar-refractivity contribution in [3.8, 4) is 0 Å². The van der Waals surface area contributed by atoms with Crippen LogP contribution in [0.5, 0.6) is 0 Å². The van der Waals surface area contributed by atoms with E-state index < -0.39 is 0 Å². The minimum Gasteiger partial charge on any atom is -0.322 e. The van der Waals surface area contributed by atoms with E-state index in [1.807, 2.05) is 6.07 Å². The molecule has 0 aliphatic carbocycles. The van der Waals surface area contributed by atoms with Crippen molar-refractivity contribution in [1.82, 2.24) is 4.98 Å². The fourth-order valence-electron chi connectivity index (χ4n) is 0.914. The molecule has 0 amide bonds. The maximum absolute atomic E-state index is 5.46. The van der Waals surface area contributed by atoms with E-state index in [1.165, 1.54) is 11.8 Å². The molecule has 0 aliphatic rings. The van der Waals surface area contributed by atoms with Gasteiger partial charge in [0.1, 0.15) is 0 Å². The van der Waals surface area contributed by atoms with Gasteiger partial charge < -0.3 is 5.73 Å². The van der Waals surface area contributed by atoms with Gasteiger partial charge in [-0.25, -0.2) is 0 Å². The van der Waals surface area contributed by atoms with E-state index >= 15 is 0 Å². The lowest BCUT2D eigenvalue weighted by Crippen LogP contribution is -1.93. The van der Waals surface area contributed by atoms with Gasteiger partial charge in [-0.15, -0.1) is 11.8 Å². The first kappa shape index (κ1) is 11.4. The molecule has 3 nitrogen and oxygen atoms in total. The predicted molar refractivity (Wildman–Crippen MR) is 66.1 cm³/mol. The Bertz CT molecular complexity index is 352. The molecule has 0 atom stereocenters. The van der Waals surface area contributed by atoms with Gasteiger partial charge in [0.15, 0.2) is 0 Å². The highest BCUT2D eigenvalue weighted by molar-refractivity contribution is 9.10. The number of halogens is 1. The van der Waals surface area contributed by atoms with Crippen LogP contribution >= 0.6 is 27.7 Å². The molecule has 1 aromatic heterocycles. The Morgan fingerprint density at radius 2 is 2.50 bits per heavy atom. The number of hydrogen-bond acceptors (Lipinski definition) is 4. The van der Waals surface area contributed by atoms with Crippen LogP contribution in [0.4, 0.5) is 0 Å². The summed E-state index contributed by atoms with van der Waals surface area (Å²) in [6, 6.07) is 1.96. The van der Waals surface area contributed by atoms with Crippen molar-refractivity contribution in [2.45, 2.75) is 0 Å². The van der Waals surface area contributed by atoms with E-state index in [9.17, 15) is 0 Å². The molecule has 5 heteroatoms. The minimum absolute atomic E-state index is 0.508. The normalized spacial score (nSPS) is 11.4. The molecule has 0 aliphatic heterocycles. The van der Waals surface area contributed by atoms with Gasteiger partial charge in [-0.3, -0.25) is 9.98 Å².